The molecule has 5 nitrogen and oxygen atoms in total. The smallest absolute Gasteiger partial charge is 0.140 e. The fraction of sp³-hybridized carbons (Fsp3) is 0.143. The zero-order chi connectivity index (χ0) is 18.1. The number of para-hydroxylation sites is 1. The van der Waals surface area contributed by atoms with E-state index < -0.39 is 0 Å². The van der Waals surface area contributed by atoms with Gasteiger partial charge in [0.1, 0.15) is 11.8 Å². The third-order valence-electron chi connectivity index (χ3n) is 4.51. The van der Waals surface area contributed by atoms with Crippen LogP contribution in [0.3, 0.4) is 0 Å². The molecule has 0 spiro atoms. The van der Waals surface area contributed by atoms with E-state index in [0.29, 0.717) is 12.2 Å². The molecule has 1 aromatic carbocycles. The molecule has 0 N–H and O–H groups in total. The van der Waals surface area contributed by atoms with Crippen LogP contribution in [-0.2, 0) is 6.54 Å². The van der Waals surface area contributed by atoms with E-state index in [-0.39, 0.29) is 0 Å². The number of nitriles is 1. The number of hydrogen-bond donors (Lipinski definition) is 0. The van der Waals surface area contributed by atoms with Gasteiger partial charge < -0.3 is 0 Å². The molecule has 0 saturated heterocycles. The number of aryl methyl sites for hydroxylation is 1. The summed E-state index contributed by atoms with van der Waals surface area (Å²) in [6, 6.07) is 17.9. The van der Waals surface area contributed by atoms with Crippen molar-refractivity contribution in [3.63, 3.8) is 0 Å². The first-order chi connectivity index (χ1) is 12.7. The van der Waals surface area contributed by atoms with Crippen molar-refractivity contribution in [3.8, 4) is 17.3 Å². The topological polar surface area (TPSA) is 67.4 Å². The molecule has 0 fully saturated rings. The molecule has 26 heavy (non-hydrogen) atoms. The first kappa shape index (κ1) is 16.0. The van der Waals surface area contributed by atoms with Gasteiger partial charge in [0.2, 0.25) is 0 Å². The van der Waals surface area contributed by atoms with Gasteiger partial charge in [-0.25, -0.2) is 9.97 Å². The van der Waals surface area contributed by atoms with E-state index in [1.165, 1.54) is 0 Å². The van der Waals surface area contributed by atoms with Crippen LogP contribution in [0.4, 0.5) is 0 Å². The number of pyridine rings is 2. The number of fused-ring (bicyclic) bond motifs is 1. The van der Waals surface area contributed by atoms with Gasteiger partial charge in [-0.3, -0.25) is 4.68 Å². The zero-order valence-electron chi connectivity index (χ0n) is 14.6. The monoisotopic (exact) mass is 339 g/mol. The number of rotatable bonds is 3. The molecular weight excluding hydrogens is 322 g/mol. The highest BCUT2D eigenvalue weighted by atomic mass is 15.3. The van der Waals surface area contributed by atoms with E-state index in [4.69, 9.17) is 10.2 Å². The molecule has 0 unspecified atom stereocenters. The summed E-state index contributed by atoms with van der Waals surface area (Å²) < 4.78 is 1.96. The second-order valence-electron chi connectivity index (χ2n) is 6.26. The Hall–Kier alpha value is -3.52. The third kappa shape index (κ3) is 2.82. The summed E-state index contributed by atoms with van der Waals surface area (Å²) in [6.07, 6.45) is 1.73. The van der Waals surface area contributed by atoms with Crippen LogP contribution >= 0.6 is 0 Å². The molecule has 0 bridgehead atoms. The molecule has 5 heteroatoms. The van der Waals surface area contributed by atoms with Crippen molar-refractivity contribution in [3.05, 3.63) is 77.4 Å². The SMILES string of the molecule is Cc1nn(Cc2ccc(C#N)nc2)c(C)c1-c1ccc2ccccc2n1. The Kier molecular flexibility index (Phi) is 3.94. The number of hydrogen-bond acceptors (Lipinski definition) is 4. The Morgan fingerprint density at radius 1 is 1.04 bits per heavy atom. The van der Waals surface area contributed by atoms with Gasteiger partial charge in [-0.15, -0.1) is 0 Å². The second kappa shape index (κ2) is 6.41. The van der Waals surface area contributed by atoms with E-state index in [1.54, 1.807) is 12.3 Å². The van der Waals surface area contributed by atoms with Crippen LogP contribution in [0.15, 0.2) is 54.7 Å². The molecule has 126 valence electrons. The van der Waals surface area contributed by atoms with Crippen molar-refractivity contribution in [1.82, 2.24) is 19.7 Å². The average Bonchev–Trinajstić information content (AvgIpc) is 2.95. The van der Waals surface area contributed by atoms with Gasteiger partial charge in [-0.1, -0.05) is 30.3 Å². The number of benzene rings is 1. The maximum atomic E-state index is 8.87. The molecule has 0 saturated carbocycles. The summed E-state index contributed by atoms with van der Waals surface area (Å²) in [5.41, 5.74) is 6.42. The normalized spacial score (nSPS) is 10.8. The third-order valence-corrected chi connectivity index (χ3v) is 4.51. The van der Waals surface area contributed by atoms with E-state index in [0.717, 1.165) is 39.1 Å². The summed E-state index contributed by atoms with van der Waals surface area (Å²) >= 11 is 0. The zero-order valence-corrected chi connectivity index (χ0v) is 14.6. The molecule has 3 aromatic heterocycles. The van der Waals surface area contributed by atoms with Crippen LogP contribution in [0.25, 0.3) is 22.2 Å². The second-order valence-corrected chi connectivity index (χ2v) is 6.26. The van der Waals surface area contributed by atoms with Crippen LogP contribution in [0.5, 0.6) is 0 Å². The highest BCUT2D eigenvalue weighted by molar-refractivity contribution is 5.82. The quantitative estimate of drug-likeness (QED) is 0.565. The largest absolute Gasteiger partial charge is 0.264 e. The fourth-order valence-electron chi connectivity index (χ4n) is 3.18. The summed E-state index contributed by atoms with van der Waals surface area (Å²) in [7, 11) is 0. The fourth-order valence-corrected chi connectivity index (χ4v) is 3.18. The van der Waals surface area contributed by atoms with E-state index in [9.17, 15) is 0 Å². The Labute approximate surface area is 151 Å². The Morgan fingerprint density at radius 3 is 2.65 bits per heavy atom. The molecule has 0 amide bonds. The van der Waals surface area contributed by atoms with E-state index in [2.05, 4.69) is 29.1 Å². The van der Waals surface area contributed by atoms with Gasteiger partial charge in [0.15, 0.2) is 0 Å². The minimum absolute atomic E-state index is 0.420. The van der Waals surface area contributed by atoms with E-state index >= 15 is 0 Å². The average molecular weight is 339 g/mol. The van der Waals surface area contributed by atoms with Gasteiger partial charge in [0.25, 0.3) is 0 Å². The van der Waals surface area contributed by atoms with Gasteiger partial charge in [0.05, 0.1) is 23.4 Å². The number of aromatic nitrogens is 4. The first-order valence-electron chi connectivity index (χ1n) is 8.41. The molecule has 0 aliphatic heterocycles. The van der Waals surface area contributed by atoms with Crippen LogP contribution in [0, 0.1) is 25.2 Å². The molecule has 0 radical (unpaired) electrons. The van der Waals surface area contributed by atoms with E-state index in [1.807, 2.05) is 48.0 Å². The lowest BCUT2D eigenvalue weighted by Crippen LogP contribution is -2.04. The minimum atomic E-state index is 0.420. The highest BCUT2D eigenvalue weighted by Crippen LogP contribution is 2.27. The van der Waals surface area contributed by atoms with Crippen molar-refractivity contribution in [2.24, 2.45) is 0 Å². The molecule has 0 atom stereocenters. The molecule has 4 rings (SSSR count). The van der Waals surface area contributed by atoms with Crippen molar-refractivity contribution in [1.29, 1.82) is 5.26 Å². The van der Waals surface area contributed by atoms with Crippen LogP contribution in [-0.4, -0.2) is 19.7 Å². The predicted molar refractivity (Wildman–Crippen MR) is 100 cm³/mol. The maximum Gasteiger partial charge on any atom is 0.140 e. The van der Waals surface area contributed by atoms with Crippen molar-refractivity contribution < 1.29 is 0 Å². The van der Waals surface area contributed by atoms with Crippen LogP contribution < -0.4 is 0 Å². The molecule has 0 aliphatic carbocycles. The van der Waals surface area contributed by atoms with Gasteiger partial charge in [0, 0.05) is 22.8 Å². The highest BCUT2D eigenvalue weighted by Gasteiger charge is 2.15. The van der Waals surface area contributed by atoms with Gasteiger partial charge in [-0.05, 0) is 37.6 Å². The summed E-state index contributed by atoms with van der Waals surface area (Å²) in [5.74, 6) is 0. The lowest BCUT2D eigenvalue weighted by atomic mass is 10.1. The van der Waals surface area contributed by atoms with Crippen LogP contribution in [0.2, 0.25) is 0 Å². The lowest BCUT2D eigenvalue weighted by Gasteiger charge is -2.06. The Balaban J connectivity index is 1.72. The molecular formula is C21H17N5. The summed E-state index contributed by atoms with van der Waals surface area (Å²) in [5, 5.41) is 14.7. The molecule has 4 aromatic rings. The van der Waals surface area contributed by atoms with Crippen molar-refractivity contribution in [2.75, 3.05) is 0 Å². The summed E-state index contributed by atoms with van der Waals surface area (Å²) in [4.78, 5) is 8.94. The van der Waals surface area contributed by atoms with Gasteiger partial charge in [-0.2, -0.15) is 10.4 Å². The standard InChI is InChI=1S/C21H17N5/c1-14-21(20-10-8-17-5-3-4-6-19(17)24-20)15(2)26(25-14)13-16-7-9-18(11-22)23-12-16/h3-10,12H,13H2,1-2H3. The van der Waals surface area contributed by atoms with Crippen LogP contribution in [0.1, 0.15) is 22.6 Å². The summed E-state index contributed by atoms with van der Waals surface area (Å²) in [6.45, 7) is 4.68. The number of nitrogens with zero attached hydrogens (tertiary/aromatic N) is 5. The Morgan fingerprint density at radius 2 is 1.88 bits per heavy atom. The Bertz CT molecular complexity index is 1130. The predicted octanol–water partition coefficient (Wildman–Crippen LogP) is 4.03. The minimum Gasteiger partial charge on any atom is -0.264 e. The lowest BCUT2D eigenvalue weighted by molar-refractivity contribution is 0.657. The first-order valence-corrected chi connectivity index (χ1v) is 8.41. The molecule has 0 aliphatic rings. The van der Waals surface area contributed by atoms with Crippen molar-refractivity contribution >= 4 is 10.9 Å². The van der Waals surface area contributed by atoms with Crippen molar-refractivity contribution in [2.45, 2.75) is 20.4 Å². The maximum absolute atomic E-state index is 8.87. The van der Waals surface area contributed by atoms with Gasteiger partial charge >= 0.3 is 0 Å². The molecule has 3 heterocycles.